The Balaban J connectivity index is 2.71. The van der Waals surface area contributed by atoms with Crippen molar-refractivity contribution in [1.29, 1.82) is 0 Å². The van der Waals surface area contributed by atoms with E-state index in [9.17, 15) is 10.2 Å². The molecule has 0 saturated carbocycles. The van der Waals surface area contributed by atoms with Crippen LogP contribution in [0.25, 0.3) is 0 Å². The van der Waals surface area contributed by atoms with Crippen LogP contribution in [0.1, 0.15) is 6.42 Å². The van der Waals surface area contributed by atoms with Crippen LogP contribution >= 0.6 is 11.8 Å². The molecule has 0 aromatic heterocycles. The number of aliphatic hydroxyl groups is 3. The van der Waals surface area contributed by atoms with Crippen molar-refractivity contribution in [3.8, 4) is 0 Å². The van der Waals surface area contributed by atoms with E-state index in [0.29, 0.717) is 10.9 Å². The van der Waals surface area contributed by atoms with Gasteiger partial charge >= 0.3 is 5.17 Å². The van der Waals surface area contributed by atoms with Gasteiger partial charge < -0.3 is 20.1 Å². The van der Waals surface area contributed by atoms with E-state index < -0.39 is 18.3 Å². The summed E-state index contributed by atoms with van der Waals surface area (Å²) in [6.45, 7) is 3.20. The van der Waals surface area contributed by atoms with Gasteiger partial charge in [-0.3, -0.25) is 0 Å². The summed E-state index contributed by atoms with van der Waals surface area (Å²) >= 11 is 1.35. The van der Waals surface area contributed by atoms with E-state index in [1.165, 1.54) is 11.8 Å². The second-order valence-electron chi connectivity index (χ2n) is 5.15. The van der Waals surface area contributed by atoms with Crippen molar-refractivity contribution in [2.24, 2.45) is 0 Å². The quantitative estimate of drug-likeness (QED) is 0.245. The lowest BCUT2D eigenvalue weighted by Crippen LogP contribution is -2.50. The molecule has 104 valence electrons. The van der Waals surface area contributed by atoms with Crippen LogP contribution in [0, 0.1) is 0 Å². The molecule has 0 aromatic rings. The zero-order valence-electron chi connectivity index (χ0n) is 11.0. The molecule has 0 radical (unpaired) electrons. The molecule has 1 heterocycles. The van der Waals surface area contributed by atoms with Crippen molar-refractivity contribution in [2.75, 3.05) is 27.7 Å². The second-order valence-corrected chi connectivity index (χ2v) is 6.28. The summed E-state index contributed by atoms with van der Waals surface area (Å²) in [4.78, 5) is 0. The highest BCUT2D eigenvalue weighted by Gasteiger charge is 2.41. The summed E-state index contributed by atoms with van der Waals surface area (Å²) < 4.78 is 9.99. The van der Waals surface area contributed by atoms with Gasteiger partial charge in [-0.2, -0.15) is 0 Å². The number of ether oxygens (including phenoxy) is 1. The maximum atomic E-state index is 9.72. The third-order valence-electron chi connectivity index (χ3n) is 2.66. The maximum Gasteiger partial charge on any atom is 0.521 e. The highest BCUT2D eigenvalue weighted by molar-refractivity contribution is 8.13. The molecule has 0 aromatic carbocycles. The fraction of sp³-hybridized carbons (Fsp3) is 0.818. The number of quaternary nitrogens is 1. The Morgan fingerprint density at radius 2 is 2.06 bits per heavy atom. The largest absolute Gasteiger partial charge is 0.521 e. The van der Waals surface area contributed by atoms with Gasteiger partial charge in [0.15, 0.2) is 0 Å². The Kier molecular flexibility index (Phi) is 5.36. The number of thioether (sulfide) groups is 1. The summed E-state index contributed by atoms with van der Waals surface area (Å²) in [6.07, 6.45) is -2.41. The Hall–Kier alpha value is -0.400. The van der Waals surface area contributed by atoms with Crippen LogP contribution in [-0.2, 0) is 4.74 Å². The van der Waals surface area contributed by atoms with Crippen molar-refractivity contribution in [3.05, 3.63) is 0 Å². The molecule has 7 heteroatoms. The number of rotatable bonds is 2. The van der Waals surface area contributed by atoms with Gasteiger partial charge in [0, 0.05) is 6.42 Å². The van der Waals surface area contributed by atoms with Crippen LogP contribution in [0.4, 0.5) is 0 Å². The molecule has 18 heavy (non-hydrogen) atoms. The summed E-state index contributed by atoms with van der Waals surface area (Å²) in [5.41, 5.74) is -0.349. The number of hydrogen-bond acceptors (Lipinski definition) is 5. The minimum Gasteiger partial charge on any atom is -0.394 e. The molecule has 1 saturated heterocycles. The molecule has 0 spiro atoms. The molecule has 1 aliphatic rings. The first-order valence-corrected chi connectivity index (χ1v) is 6.62. The predicted molar refractivity (Wildman–Crippen MR) is 72.3 cm³/mol. The van der Waals surface area contributed by atoms with Crippen molar-refractivity contribution in [2.45, 2.75) is 30.2 Å². The Labute approximate surface area is 111 Å². The maximum absolute atomic E-state index is 9.72. The summed E-state index contributed by atoms with van der Waals surface area (Å²) in [6, 6.07) is 0. The lowest BCUT2D eigenvalue weighted by atomic mass is 10.0. The first kappa shape index (κ1) is 15.7. The normalized spacial score (nSPS) is 33.0. The molecule has 4 unspecified atom stereocenters. The molecule has 3 N–H and O–H groups in total. The van der Waals surface area contributed by atoms with E-state index in [4.69, 9.17) is 9.84 Å². The van der Waals surface area contributed by atoms with E-state index in [0.717, 1.165) is 5.17 Å². The molecule has 6 nitrogen and oxygen atoms in total. The van der Waals surface area contributed by atoms with Crippen LogP contribution in [0.2, 0.25) is 0 Å². The lowest BCUT2D eigenvalue weighted by Gasteiger charge is -2.35. The topological polar surface area (TPSA) is 84.0 Å². The molecular formula is C11H22N2O4S+2. The van der Waals surface area contributed by atoms with E-state index >= 15 is 0 Å². The first-order valence-electron chi connectivity index (χ1n) is 5.74. The minimum atomic E-state index is -1.05. The van der Waals surface area contributed by atoms with Crippen molar-refractivity contribution in [3.63, 3.8) is 0 Å². The van der Waals surface area contributed by atoms with Gasteiger partial charge in [-0.25, -0.2) is 4.48 Å². The van der Waals surface area contributed by atoms with E-state index in [2.05, 4.69) is 11.4 Å². The van der Waals surface area contributed by atoms with Crippen LogP contribution < -0.4 is 4.67 Å². The summed E-state index contributed by atoms with van der Waals surface area (Å²) in [7, 11) is 5.86. The Morgan fingerprint density at radius 1 is 1.44 bits per heavy atom. The third kappa shape index (κ3) is 3.80. The van der Waals surface area contributed by atoms with E-state index in [-0.39, 0.29) is 12.0 Å². The fourth-order valence-corrected chi connectivity index (χ4v) is 2.78. The predicted octanol–water partition coefficient (Wildman–Crippen LogP) is -1.62. The molecule has 0 bridgehead atoms. The number of nitrogens with zero attached hydrogens (tertiary/aromatic N) is 2. The molecule has 0 amide bonds. The zero-order chi connectivity index (χ0) is 13.9. The minimum absolute atomic E-state index is 0.293. The molecule has 1 aliphatic heterocycles. The van der Waals surface area contributed by atoms with Crippen LogP contribution in [0.3, 0.4) is 0 Å². The Bertz CT molecular complexity index is 338. The van der Waals surface area contributed by atoms with Gasteiger partial charge in [0.1, 0.15) is 17.6 Å². The second kappa shape index (κ2) is 6.16. The van der Waals surface area contributed by atoms with E-state index in [1.807, 2.05) is 21.1 Å². The van der Waals surface area contributed by atoms with Crippen LogP contribution in [0.5, 0.6) is 0 Å². The van der Waals surface area contributed by atoms with Crippen molar-refractivity contribution >= 4 is 23.6 Å². The van der Waals surface area contributed by atoms with Gasteiger partial charge in [0.2, 0.25) is 0 Å². The smallest absolute Gasteiger partial charge is 0.394 e. The molecular weight excluding hydrogens is 256 g/mol. The third-order valence-corrected chi connectivity index (χ3v) is 4.12. The summed E-state index contributed by atoms with van der Waals surface area (Å²) in [5.74, 6) is 0. The van der Waals surface area contributed by atoms with Crippen LogP contribution in [-0.4, -0.2) is 83.2 Å². The molecule has 0 aliphatic carbocycles. The van der Waals surface area contributed by atoms with Gasteiger partial charge in [-0.05, 0) is 4.67 Å². The summed E-state index contributed by atoms with van der Waals surface area (Å²) in [5, 5.41) is 29.2. The van der Waals surface area contributed by atoms with Crippen LogP contribution in [0.15, 0.2) is 0 Å². The average molecular weight is 278 g/mol. The molecule has 1 rings (SSSR count). The van der Waals surface area contributed by atoms with Gasteiger partial charge in [-0.15, -0.1) is 0 Å². The van der Waals surface area contributed by atoms with Gasteiger partial charge in [0.25, 0.3) is 6.72 Å². The number of hydrogen-bond donors (Lipinski definition) is 3. The first-order chi connectivity index (χ1) is 8.29. The fourth-order valence-electron chi connectivity index (χ4n) is 1.67. The monoisotopic (exact) mass is 278 g/mol. The average Bonchev–Trinajstić information content (AvgIpc) is 2.28. The zero-order valence-corrected chi connectivity index (χ0v) is 11.8. The van der Waals surface area contributed by atoms with Crippen molar-refractivity contribution < 1.29 is 24.5 Å². The molecule has 1 fully saturated rings. The van der Waals surface area contributed by atoms with Gasteiger partial charge in [-0.1, -0.05) is 0 Å². The van der Waals surface area contributed by atoms with Crippen molar-refractivity contribution in [1.82, 2.24) is 4.67 Å². The highest BCUT2D eigenvalue weighted by atomic mass is 32.2. The number of aliphatic hydroxyl groups excluding tert-OH is 3. The van der Waals surface area contributed by atoms with Gasteiger partial charge in [0.05, 0.1) is 45.6 Å². The highest BCUT2D eigenvalue weighted by Crippen LogP contribution is 2.29. The lowest BCUT2D eigenvalue weighted by molar-refractivity contribution is -0.772. The standard InChI is InChI=1S/C11H22N2O4S/c1-12-11(13(2,3)4)18-9-5-7(15)10(16)8(6-14)17-9/h7-10,14-16H,1,5-6H2,2-4H3/q+2. The number of amidine groups is 1. The molecule has 4 atom stereocenters. The Morgan fingerprint density at radius 3 is 2.50 bits per heavy atom. The SMILES string of the molecule is C=[N+]=C(SC1CC(O)C(O)C(CO)O1)[N+](C)(C)C. The van der Waals surface area contributed by atoms with E-state index in [1.54, 1.807) is 0 Å².